The highest BCUT2D eigenvalue weighted by Crippen LogP contribution is 2.39. The number of halogens is 2. The second kappa shape index (κ2) is 8.61. The number of thiazole rings is 1. The minimum atomic E-state index is -0.251. The Balaban J connectivity index is 1.22. The third-order valence-electron chi connectivity index (χ3n) is 5.83. The number of hydrogen-bond acceptors (Lipinski definition) is 6. The van der Waals surface area contributed by atoms with Crippen LogP contribution in [0.3, 0.4) is 0 Å². The molecule has 8 heteroatoms. The summed E-state index contributed by atoms with van der Waals surface area (Å²) in [6, 6.07) is 11.4. The summed E-state index contributed by atoms with van der Waals surface area (Å²) in [6.07, 6.45) is 2.97. The first-order valence-electron chi connectivity index (χ1n) is 10.3. The van der Waals surface area contributed by atoms with Gasteiger partial charge in [-0.25, -0.2) is 13.8 Å². The van der Waals surface area contributed by atoms with Crippen molar-refractivity contribution in [2.24, 2.45) is 0 Å². The van der Waals surface area contributed by atoms with E-state index in [1.165, 1.54) is 34.6 Å². The lowest BCUT2D eigenvalue weighted by atomic mass is 10.0. The molecular weight excluding hydrogens is 434 g/mol. The van der Waals surface area contributed by atoms with Crippen molar-refractivity contribution in [3.63, 3.8) is 0 Å². The first-order valence-corrected chi connectivity index (χ1v) is 11.9. The Morgan fingerprint density at radius 2 is 1.90 bits per heavy atom. The number of nitrogen functional groups attached to an aromatic ring is 1. The fraction of sp³-hybridized carbons (Fsp3) is 0.304. The molecule has 2 aromatic carbocycles. The average Bonchev–Trinajstić information content (AvgIpc) is 3.47. The van der Waals surface area contributed by atoms with Gasteiger partial charge in [0.2, 0.25) is 0 Å². The molecule has 1 aliphatic heterocycles. The van der Waals surface area contributed by atoms with Crippen LogP contribution in [0.1, 0.15) is 29.3 Å². The molecule has 31 heavy (non-hydrogen) atoms. The van der Waals surface area contributed by atoms with Crippen LogP contribution in [-0.4, -0.2) is 33.9 Å². The van der Waals surface area contributed by atoms with E-state index in [2.05, 4.69) is 14.3 Å². The normalized spacial score (nSPS) is 17.0. The van der Waals surface area contributed by atoms with Gasteiger partial charge in [-0.2, -0.15) is 4.37 Å². The second-order valence-electron chi connectivity index (χ2n) is 7.93. The molecule has 1 unspecified atom stereocenters. The van der Waals surface area contributed by atoms with Crippen molar-refractivity contribution < 1.29 is 8.78 Å². The Kier molecular flexibility index (Phi) is 5.69. The van der Waals surface area contributed by atoms with E-state index in [1.54, 1.807) is 29.5 Å². The van der Waals surface area contributed by atoms with Crippen molar-refractivity contribution in [1.29, 1.82) is 0 Å². The molecule has 1 aliphatic rings. The van der Waals surface area contributed by atoms with Gasteiger partial charge in [0.05, 0.1) is 16.1 Å². The standard InChI is InChI=1S/C23H22F2N4S2/c24-16-5-3-14(4-6-16)21-22(30-23(26)27-21)15-9-11-29(13-15)10-1-2-19-18-8-7-17(25)12-20(18)31-28-19/h3-8,12,15H,1-2,9-11,13H2,(H2,26,27). The lowest BCUT2D eigenvalue weighted by molar-refractivity contribution is 0.330. The summed E-state index contributed by atoms with van der Waals surface area (Å²) in [5, 5.41) is 1.62. The molecule has 0 aliphatic carbocycles. The second-order valence-corrected chi connectivity index (χ2v) is 9.80. The quantitative estimate of drug-likeness (QED) is 0.404. The van der Waals surface area contributed by atoms with Gasteiger partial charge in [-0.05, 0) is 86.3 Å². The van der Waals surface area contributed by atoms with Crippen molar-refractivity contribution in [1.82, 2.24) is 14.3 Å². The molecule has 1 saturated heterocycles. The third kappa shape index (κ3) is 4.33. The van der Waals surface area contributed by atoms with Crippen molar-refractivity contribution in [3.05, 3.63) is 64.7 Å². The van der Waals surface area contributed by atoms with Gasteiger partial charge in [-0.3, -0.25) is 0 Å². The maximum Gasteiger partial charge on any atom is 0.180 e. The zero-order valence-corrected chi connectivity index (χ0v) is 18.5. The number of benzene rings is 2. The molecule has 0 amide bonds. The molecule has 0 spiro atoms. The summed E-state index contributed by atoms with van der Waals surface area (Å²) in [5.74, 6) is -0.0778. The summed E-state index contributed by atoms with van der Waals surface area (Å²) in [7, 11) is 0. The van der Waals surface area contributed by atoms with Gasteiger partial charge in [0, 0.05) is 28.3 Å². The number of rotatable bonds is 6. The van der Waals surface area contributed by atoms with E-state index in [0.717, 1.165) is 65.9 Å². The molecular formula is C23H22F2N4S2. The summed E-state index contributed by atoms with van der Waals surface area (Å²) >= 11 is 2.91. The topological polar surface area (TPSA) is 55.0 Å². The molecule has 0 bridgehead atoms. The fourth-order valence-corrected chi connectivity index (χ4v) is 6.13. The Morgan fingerprint density at radius 1 is 1.10 bits per heavy atom. The van der Waals surface area contributed by atoms with Gasteiger partial charge in [-0.1, -0.05) is 0 Å². The highest BCUT2D eigenvalue weighted by atomic mass is 32.1. The minimum Gasteiger partial charge on any atom is -0.375 e. The summed E-state index contributed by atoms with van der Waals surface area (Å²) in [5.41, 5.74) is 8.88. The number of fused-ring (bicyclic) bond motifs is 1. The Hall–Kier alpha value is -2.42. The van der Waals surface area contributed by atoms with Gasteiger partial charge < -0.3 is 10.6 Å². The van der Waals surface area contributed by atoms with Crippen molar-refractivity contribution in [2.75, 3.05) is 25.4 Å². The monoisotopic (exact) mass is 456 g/mol. The molecule has 2 N–H and O–H groups in total. The highest BCUT2D eigenvalue weighted by Gasteiger charge is 2.28. The zero-order chi connectivity index (χ0) is 21.4. The molecule has 1 atom stereocenters. The number of nitrogens with two attached hydrogens (primary N) is 1. The molecule has 1 fully saturated rings. The van der Waals surface area contributed by atoms with E-state index in [-0.39, 0.29) is 11.6 Å². The Bertz CT molecular complexity index is 1200. The number of anilines is 1. The van der Waals surface area contributed by atoms with Crippen LogP contribution < -0.4 is 5.73 Å². The molecule has 5 rings (SSSR count). The predicted molar refractivity (Wildman–Crippen MR) is 124 cm³/mol. The van der Waals surface area contributed by atoms with E-state index in [1.807, 2.05) is 6.07 Å². The predicted octanol–water partition coefficient (Wildman–Crippen LogP) is 5.70. The summed E-state index contributed by atoms with van der Waals surface area (Å²) in [6.45, 7) is 3.00. The lowest BCUT2D eigenvalue weighted by Crippen LogP contribution is -2.22. The number of hydrogen-bond donors (Lipinski definition) is 1. The van der Waals surface area contributed by atoms with Crippen LogP contribution in [-0.2, 0) is 6.42 Å². The van der Waals surface area contributed by atoms with E-state index >= 15 is 0 Å². The lowest BCUT2D eigenvalue weighted by Gasteiger charge is -2.15. The molecule has 4 nitrogen and oxygen atoms in total. The number of nitrogens with zero attached hydrogens (tertiary/aromatic N) is 3. The number of aromatic nitrogens is 2. The summed E-state index contributed by atoms with van der Waals surface area (Å²) < 4.78 is 32.1. The fourth-order valence-electron chi connectivity index (χ4n) is 4.30. The smallest absolute Gasteiger partial charge is 0.180 e. The highest BCUT2D eigenvalue weighted by molar-refractivity contribution is 7.16. The van der Waals surface area contributed by atoms with Gasteiger partial charge in [-0.15, -0.1) is 11.3 Å². The first kappa shape index (κ1) is 20.5. The van der Waals surface area contributed by atoms with Crippen molar-refractivity contribution in [3.8, 4) is 11.3 Å². The van der Waals surface area contributed by atoms with E-state index in [9.17, 15) is 8.78 Å². The summed E-state index contributed by atoms with van der Waals surface area (Å²) in [4.78, 5) is 8.20. The molecule has 0 saturated carbocycles. The molecule has 0 radical (unpaired) electrons. The first-order chi connectivity index (χ1) is 15.1. The van der Waals surface area contributed by atoms with Gasteiger partial charge in [0.1, 0.15) is 11.6 Å². The SMILES string of the molecule is Nc1nc(-c2ccc(F)cc2)c(C2CCN(CCCc3nsc4cc(F)ccc34)C2)s1. The molecule has 4 aromatic rings. The van der Waals surface area contributed by atoms with Gasteiger partial charge in [0.15, 0.2) is 5.13 Å². The van der Waals surface area contributed by atoms with Gasteiger partial charge >= 0.3 is 0 Å². The van der Waals surface area contributed by atoms with Gasteiger partial charge in [0.25, 0.3) is 0 Å². The van der Waals surface area contributed by atoms with Crippen LogP contribution in [0.15, 0.2) is 42.5 Å². The molecule has 3 heterocycles. The van der Waals surface area contributed by atoms with E-state index < -0.39 is 0 Å². The van der Waals surface area contributed by atoms with Crippen molar-refractivity contribution in [2.45, 2.75) is 25.2 Å². The maximum atomic E-state index is 13.4. The van der Waals surface area contributed by atoms with Crippen LogP contribution >= 0.6 is 22.9 Å². The third-order valence-corrected chi connectivity index (χ3v) is 7.72. The minimum absolute atomic E-state index is 0.213. The van der Waals surface area contributed by atoms with E-state index in [0.29, 0.717) is 11.0 Å². The maximum absolute atomic E-state index is 13.4. The van der Waals surface area contributed by atoms with Crippen LogP contribution in [0.25, 0.3) is 21.3 Å². The molecule has 2 aromatic heterocycles. The zero-order valence-electron chi connectivity index (χ0n) is 16.9. The molecule has 160 valence electrons. The Morgan fingerprint density at radius 3 is 2.74 bits per heavy atom. The number of aryl methyl sites for hydroxylation is 1. The Labute approximate surface area is 187 Å². The average molecular weight is 457 g/mol. The van der Waals surface area contributed by atoms with Crippen LogP contribution in [0, 0.1) is 11.6 Å². The van der Waals surface area contributed by atoms with Crippen LogP contribution in [0.5, 0.6) is 0 Å². The largest absolute Gasteiger partial charge is 0.375 e. The number of likely N-dealkylation sites (tertiary alicyclic amines) is 1. The van der Waals surface area contributed by atoms with Crippen LogP contribution in [0.2, 0.25) is 0 Å². The van der Waals surface area contributed by atoms with Crippen LogP contribution in [0.4, 0.5) is 13.9 Å². The van der Waals surface area contributed by atoms with E-state index in [4.69, 9.17) is 5.73 Å². The van der Waals surface area contributed by atoms with Crippen molar-refractivity contribution >= 4 is 38.1 Å².